The molecule has 2 rings (SSSR count). The van der Waals surface area contributed by atoms with Crippen molar-refractivity contribution < 1.29 is 33.9 Å². The molecule has 0 amide bonds. The highest BCUT2D eigenvalue weighted by atomic mass is 16.5. The molecule has 0 spiro atoms. The van der Waals surface area contributed by atoms with Gasteiger partial charge < -0.3 is 33.9 Å². The van der Waals surface area contributed by atoms with E-state index in [2.05, 4.69) is 11.7 Å². The van der Waals surface area contributed by atoms with Gasteiger partial charge in [0.05, 0.1) is 41.7 Å². The topological polar surface area (TPSA) is 86.6 Å². The second-order valence-corrected chi connectivity index (χ2v) is 5.26. The van der Waals surface area contributed by atoms with Crippen molar-refractivity contribution in [3.05, 3.63) is 11.1 Å². The van der Waals surface area contributed by atoms with Crippen molar-refractivity contribution in [3.8, 4) is 23.0 Å². The molecule has 2 atom stereocenters. The Morgan fingerprint density at radius 2 is 1.25 bits per heavy atom. The first kappa shape index (κ1) is 20.3. The zero-order chi connectivity index (χ0) is 18.3. The molecule has 0 saturated carbocycles. The third kappa shape index (κ3) is 4.23. The van der Waals surface area contributed by atoms with Gasteiger partial charge in [-0.1, -0.05) is 6.92 Å². The SMILES string of the molecule is CCc1c(C)c(OC)c(OC)c(OC)c1OC.O[C@@H]1COC[C@@H]1O. The van der Waals surface area contributed by atoms with Crippen LogP contribution in [0.4, 0.5) is 0 Å². The van der Waals surface area contributed by atoms with Gasteiger partial charge in [-0.25, -0.2) is 0 Å². The Balaban J connectivity index is 0.000000341. The Labute approximate surface area is 143 Å². The van der Waals surface area contributed by atoms with Gasteiger partial charge in [0.25, 0.3) is 0 Å². The van der Waals surface area contributed by atoms with Crippen molar-refractivity contribution in [2.75, 3.05) is 41.7 Å². The summed E-state index contributed by atoms with van der Waals surface area (Å²) in [5, 5.41) is 17.2. The largest absolute Gasteiger partial charge is 0.492 e. The standard InChI is InChI=1S/C13H20O4.C4H8O3/c1-7-9-8(2)10(14-3)12(16-5)13(17-6)11(9)15-4;5-3-1-7-2-4(3)6/h7H2,1-6H3;3-6H,1-2H2/t;3-,4+. The van der Waals surface area contributed by atoms with Crippen molar-refractivity contribution in [1.29, 1.82) is 0 Å². The van der Waals surface area contributed by atoms with Crippen LogP contribution in [-0.2, 0) is 11.2 Å². The molecule has 0 aliphatic carbocycles. The Morgan fingerprint density at radius 1 is 0.833 bits per heavy atom. The number of aliphatic hydroxyl groups is 2. The van der Waals surface area contributed by atoms with Crippen molar-refractivity contribution in [2.45, 2.75) is 32.5 Å². The van der Waals surface area contributed by atoms with Crippen molar-refractivity contribution in [3.63, 3.8) is 0 Å². The van der Waals surface area contributed by atoms with Crippen LogP contribution in [0.2, 0.25) is 0 Å². The normalized spacial score (nSPS) is 19.3. The lowest BCUT2D eigenvalue weighted by molar-refractivity contribution is 0.0572. The Kier molecular flexibility index (Phi) is 8.10. The molecule has 0 unspecified atom stereocenters. The summed E-state index contributed by atoms with van der Waals surface area (Å²) in [6, 6.07) is 0. The number of methoxy groups -OCH3 is 4. The van der Waals surface area contributed by atoms with Gasteiger partial charge in [-0.05, 0) is 13.3 Å². The molecule has 7 heteroatoms. The highest BCUT2D eigenvalue weighted by Crippen LogP contribution is 2.49. The van der Waals surface area contributed by atoms with Crippen LogP contribution >= 0.6 is 0 Å². The van der Waals surface area contributed by atoms with E-state index < -0.39 is 12.2 Å². The predicted octanol–water partition coefficient (Wildman–Crippen LogP) is 1.33. The van der Waals surface area contributed by atoms with E-state index in [-0.39, 0.29) is 13.2 Å². The Bertz CT molecular complexity index is 489. The molecule has 1 heterocycles. The summed E-state index contributed by atoms with van der Waals surface area (Å²) in [7, 11) is 6.43. The molecular formula is C17H28O7. The van der Waals surface area contributed by atoms with E-state index in [1.54, 1.807) is 28.4 Å². The first-order valence-corrected chi connectivity index (χ1v) is 7.75. The second kappa shape index (κ2) is 9.56. The summed E-state index contributed by atoms with van der Waals surface area (Å²) in [4.78, 5) is 0. The summed E-state index contributed by atoms with van der Waals surface area (Å²) in [6.07, 6.45) is -0.467. The molecule has 0 aromatic heterocycles. The lowest BCUT2D eigenvalue weighted by Crippen LogP contribution is -2.22. The zero-order valence-electron chi connectivity index (χ0n) is 15.2. The highest BCUT2D eigenvalue weighted by molar-refractivity contribution is 5.66. The van der Waals surface area contributed by atoms with Crippen LogP contribution in [0, 0.1) is 6.92 Å². The highest BCUT2D eigenvalue weighted by Gasteiger charge is 2.24. The number of hydrogen-bond acceptors (Lipinski definition) is 7. The molecule has 1 fully saturated rings. The van der Waals surface area contributed by atoms with Crippen LogP contribution in [0.15, 0.2) is 0 Å². The van der Waals surface area contributed by atoms with E-state index in [0.29, 0.717) is 23.0 Å². The van der Waals surface area contributed by atoms with E-state index in [0.717, 1.165) is 17.5 Å². The third-order valence-corrected chi connectivity index (χ3v) is 3.88. The average Bonchev–Trinajstić information content (AvgIpc) is 2.97. The maximum Gasteiger partial charge on any atom is 0.207 e. The fraction of sp³-hybridized carbons (Fsp3) is 0.647. The van der Waals surface area contributed by atoms with Gasteiger partial charge in [-0.15, -0.1) is 0 Å². The lowest BCUT2D eigenvalue weighted by Gasteiger charge is -2.20. The predicted molar refractivity (Wildman–Crippen MR) is 89.6 cm³/mol. The summed E-state index contributed by atoms with van der Waals surface area (Å²) < 4.78 is 26.2. The molecule has 2 N–H and O–H groups in total. The van der Waals surface area contributed by atoms with Gasteiger partial charge >= 0.3 is 0 Å². The number of benzene rings is 1. The summed E-state index contributed by atoms with van der Waals surface area (Å²) in [6.45, 7) is 4.61. The zero-order valence-corrected chi connectivity index (χ0v) is 15.2. The van der Waals surface area contributed by atoms with Gasteiger partial charge in [0.15, 0.2) is 11.5 Å². The molecule has 1 aromatic rings. The summed E-state index contributed by atoms with van der Waals surface area (Å²) in [5.41, 5.74) is 2.09. The molecule has 1 aliphatic rings. The van der Waals surface area contributed by atoms with Gasteiger partial charge in [0.2, 0.25) is 11.5 Å². The summed E-state index contributed by atoms with van der Waals surface area (Å²) >= 11 is 0. The first-order chi connectivity index (χ1) is 11.5. The number of rotatable bonds is 5. The fourth-order valence-corrected chi connectivity index (χ4v) is 2.61. The first-order valence-electron chi connectivity index (χ1n) is 7.75. The minimum atomic E-state index is -0.653. The van der Waals surface area contributed by atoms with E-state index in [9.17, 15) is 0 Å². The van der Waals surface area contributed by atoms with Crippen LogP contribution in [0.5, 0.6) is 23.0 Å². The third-order valence-electron chi connectivity index (χ3n) is 3.88. The second-order valence-electron chi connectivity index (χ2n) is 5.26. The maximum atomic E-state index is 8.62. The van der Waals surface area contributed by atoms with Gasteiger partial charge in [0, 0.05) is 11.1 Å². The minimum absolute atomic E-state index is 0.279. The summed E-state index contributed by atoms with van der Waals surface area (Å²) in [5.74, 6) is 2.56. The van der Waals surface area contributed by atoms with Gasteiger partial charge in [-0.2, -0.15) is 0 Å². The van der Waals surface area contributed by atoms with Crippen LogP contribution in [0.25, 0.3) is 0 Å². The molecular weight excluding hydrogens is 316 g/mol. The Morgan fingerprint density at radius 3 is 1.54 bits per heavy atom. The molecule has 24 heavy (non-hydrogen) atoms. The lowest BCUT2D eigenvalue weighted by atomic mass is 10.0. The van der Waals surface area contributed by atoms with Crippen LogP contribution in [0.1, 0.15) is 18.1 Å². The molecule has 138 valence electrons. The number of ether oxygens (including phenoxy) is 5. The molecule has 0 bridgehead atoms. The minimum Gasteiger partial charge on any atom is -0.492 e. The van der Waals surface area contributed by atoms with Crippen molar-refractivity contribution in [2.24, 2.45) is 0 Å². The van der Waals surface area contributed by atoms with Crippen LogP contribution in [-0.4, -0.2) is 64.1 Å². The van der Waals surface area contributed by atoms with Crippen molar-refractivity contribution in [1.82, 2.24) is 0 Å². The quantitative estimate of drug-likeness (QED) is 0.833. The average molecular weight is 344 g/mol. The Hall–Kier alpha value is -1.70. The van der Waals surface area contributed by atoms with Gasteiger partial charge in [-0.3, -0.25) is 0 Å². The smallest absolute Gasteiger partial charge is 0.207 e. The van der Waals surface area contributed by atoms with Crippen molar-refractivity contribution >= 4 is 0 Å². The van der Waals surface area contributed by atoms with Crippen LogP contribution < -0.4 is 18.9 Å². The van der Waals surface area contributed by atoms with Crippen LogP contribution in [0.3, 0.4) is 0 Å². The molecule has 7 nitrogen and oxygen atoms in total. The van der Waals surface area contributed by atoms with Gasteiger partial charge in [0.1, 0.15) is 12.2 Å². The fourth-order valence-electron chi connectivity index (χ4n) is 2.61. The molecule has 1 aromatic carbocycles. The molecule has 1 saturated heterocycles. The number of hydrogen-bond donors (Lipinski definition) is 2. The van der Waals surface area contributed by atoms with E-state index in [1.165, 1.54) is 0 Å². The number of aliphatic hydroxyl groups excluding tert-OH is 2. The van der Waals surface area contributed by atoms with E-state index >= 15 is 0 Å². The molecule has 1 aliphatic heterocycles. The van der Waals surface area contributed by atoms with E-state index in [4.69, 9.17) is 29.2 Å². The van der Waals surface area contributed by atoms with E-state index in [1.807, 2.05) is 6.92 Å². The monoisotopic (exact) mass is 344 g/mol. The maximum absolute atomic E-state index is 8.62. The molecule has 0 radical (unpaired) electrons.